The van der Waals surface area contributed by atoms with Gasteiger partial charge in [-0.2, -0.15) is 0 Å². The molecule has 0 bridgehead atoms. The maximum Gasteiger partial charge on any atom is 0.254 e. The van der Waals surface area contributed by atoms with E-state index in [2.05, 4.69) is 0 Å². The van der Waals surface area contributed by atoms with Crippen molar-refractivity contribution in [3.05, 3.63) is 35.4 Å². The summed E-state index contributed by atoms with van der Waals surface area (Å²) in [6.07, 6.45) is 4.81. The van der Waals surface area contributed by atoms with Crippen LogP contribution in [0.2, 0.25) is 0 Å². The van der Waals surface area contributed by atoms with Gasteiger partial charge in [0.25, 0.3) is 5.91 Å². The Morgan fingerprint density at radius 3 is 2.57 bits per heavy atom. The number of amides is 2. The Labute approximate surface area is 137 Å². The topological polar surface area (TPSA) is 66.6 Å². The van der Waals surface area contributed by atoms with Crippen LogP contribution < -0.4 is 5.73 Å². The maximum atomic E-state index is 12.7. The van der Waals surface area contributed by atoms with Gasteiger partial charge in [0.05, 0.1) is 0 Å². The maximum absolute atomic E-state index is 12.7. The lowest BCUT2D eigenvalue weighted by Crippen LogP contribution is -2.47. The number of carbonyl (C=O) groups excluding carboxylic acids is 2. The van der Waals surface area contributed by atoms with Crippen LogP contribution in [0.25, 0.3) is 0 Å². The summed E-state index contributed by atoms with van der Waals surface area (Å²) >= 11 is 0. The number of nitrogens with zero attached hydrogens (tertiary/aromatic N) is 2. The molecule has 1 unspecified atom stereocenters. The van der Waals surface area contributed by atoms with Gasteiger partial charge in [0.1, 0.15) is 0 Å². The lowest BCUT2D eigenvalue weighted by molar-refractivity contribution is -0.128. The molecule has 0 aliphatic carbocycles. The highest BCUT2D eigenvalue weighted by Crippen LogP contribution is 2.20. The zero-order valence-electron chi connectivity index (χ0n) is 13.5. The fourth-order valence-corrected chi connectivity index (χ4v) is 3.52. The van der Waals surface area contributed by atoms with Crippen molar-refractivity contribution in [2.75, 3.05) is 19.6 Å². The smallest absolute Gasteiger partial charge is 0.254 e. The Hall–Kier alpha value is -1.88. The van der Waals surface area contributed by atoms with Crippen molar-refractivity contribution >= 4 is 11.8 Å². The minimum atomic E-state index is 0.0731. The molecule has 0 saturated carbocycles. The SMILES string of the molecule is NCC1CCCCN1C(=O)c1ccc(CN2CCCC2=O)cc1. The largest absolute Gasteiger partial charge is 0.338 e. The van der Waals surface area contributed by atoms with Crippen molar-refractivity contribution in [1.29, 1.82) is 0 Å². The summed E-state index contributed by atoms with van der Waals surface area (Å²) in [7, 11) is 0. The van der Waals surface area contributed by atoms with E-state index in [-0.39, 0.29) is 17.9 Å². The standard InChI is InChI=1S/C18H25N3O2/c19-12-16-4-1-2-11-21(16)18(23)15-8-6-14(7-9-15)13-20-10-3-5-17(20)22/h6-9,16H,1-5,10-13,19H2. The van der Waals surface area contributed by atoms with Gasteiger partial charge in [-0.1, -0.05) is 12.1 Å². The third kappa shape index (κ3) is 3.55. The van der Waals surface area contributed by atoms with Gasteiger partial charge in [0.15, 0.2) is 0 Å². The van der Waals surface area contributed by atoms with Crippen LogP contribution in [0.4, 0.5) is 0 Å². The fraction of sp³-hybridized carbons (Fsp3) is 0.556. The van der Waals surface area contributed by atoms with Crippen molar-refractivity contribution in [3.8, 4) is 0 Å². The molecule has 2 amide bonds. The molecule has 1 aromatic carbocycles. The van der Waals surface area contributed by atoms with Crippen LogP contribution in [0.1, 0.15) is 48.0 Å². The zero-order chi connectivity index (χ0) is 16.2. The van der Waals surface area contributed by atoms with E-state index in [1.165, 1.54) is 0 Å². The first kappa shape index (κ1) is 16.0. The van der Waals surface area contributed by atoms with Crippen molar-refractivity contribution < 1.29 is 9.59 Å². The van der Waals surface area contributed by atoms with Crippen molar-refractivity contribution in [2.45, 2.75) is 44.7 Å². The van der Waals surface area contributed by atoms with E-state index in [1.807, 2.05) is 34.1 Å². The molecule has 2 N–H and O–H groups in total. The molecule has 5 heteroatoms. The molecule has 2 saturated heterocycles. The Morgan fingerprint density at radius 2 is 1.91 bits per heavy atom. The lowest BCUT2D eigenvalue weighted by atomic mass is 10.0. The van der Waals surface area contributed by atoms with Gasteiger partial charge in [0.2, 0.25) is 5.91 Å². The van der Waals surface area contributed by atoms with Gasteiger partial charge in [-0.05, 0) is 43.4 Å². The first-order valence-corrected chi connectivity index (χ1v) is 8.57. The van der Waals surface area contributed by atoms with Crippen LogP contribution in [-0.4, -0.2) is 47.3 Å². The van der Waals surface area contributed by atoms with Crippen molar-refractivity contribution in [2.24, 2.45) is 5.73 Å². The highest BCUT2D eigenvalue weighted by molar-refractivity contribution is 5.94. The van der Waals surface area contributed by atoms with Crippen LogP contribution in [0.5, 0.6) is 0 Å². The predicted molar refractivity (Wildman–Crippen MR) is 88.8 cm³/mol. The molecule has 0 radical (unpaired) electrons. The van der Waals surface area contributed by atoms with E-state index < -0.39 is 0 Å². The third-order valence-electron chi connectivity index (χ3n) is 4.91. The van der Waals surface area contributed by atoms with Crippen molar-refractivity contribution in [1.82, 2.24) is 9.80 Å². The minimum absolute atomic E-state index is 0.0731. The van der Waals surface area contributed by atoms with Gasteiger partial charge >= 0.3 is 0 Å². The molecule has 124 valence electrons. The summed E-state index contributed by atoms with van der Waals surface area (Å²) in [5.74, 6) is 0.299. The molecular formula is C18H25N3O2. The first-order valence-electron chi connectivity index (χ1n) is 8.57. The van der Waals surface area contributed by atoms with E-state index in [4.69, 9.17) is 5.73 Å². The van der Waals surface area contributed by atoms with Gasteiger partial charge in [-0.25, -0.2) is 0 Å². The third-order valence-corrected chi connectivity index (χ3v) is 4.91. The van der Waals surface area contributed by atoms with E-state index in [0.717, 1.165) is 44.3 Å². The summed E-state index contributed by atoms with van der Waals surface area (Å²) in [6.45, 7) is 2.81. The van der Waals surface area contributed by atoms with Crippen LogP contribution >= 0.6 is 0 Å². The summed E-state index contributed by atoms with van der Waals surface area (Å²) in [5.41, 5.74) is 7.59. The zero-order valence-corrected chi connectivity index (χ0v) is 13.5. The first-order chi connectivity index (χ1) is 11.2. The van der Waals surface area contributed by atoms with E-state index >= 15 is 0 Å². The Morgan fingerprint density at radius 1 is 1.13 bits per heavy atom. The minimum Gasteiger partial charge on any atom is -0.338 e. The number of hydrogen-bond donors (Lipinski definition) is 1. The second-order valence-corrected chi connectivity index (χ2v) is 6.50. The summed E-state index contributed by atoms with van der Waals surface area (Å²) in [5, 5.41) is 0. The number of rotatable bonds is 4. The molecule has 0 aromatic heterocycles. The normalized spacial score (nSPS) is 21.8. The lowest BCUT2D eigenvalue weighted by Gasteiger charge is -2.35. The molecule has 3 rings (SSSR count). The molecule has 1 atom stereocenters. The number of carbonyl (C=O) groups is 2. The average Bonchev–Trinajstić information content (AvgIpc) is 3.00. The number of hydrogen-bond acceptors (Lipinski definition) is 3. The monoisotopic (exact) mass is 315 g/mol. The van der Waals surface area contributed by atoms with Gasteiger partial charge in [0, 0.05) is 44.2 Å². The molecule has 23 heavy (non-hydrogen) atoms. The molecule has 2 aliphatic rings. The summed E-state index contributed by atoms with van der Waals surface area (Å²) < 4.78 is 0. The molecule has 2 fully saturated rings. The molecule has 2 heterocycles. The second kappa shape index (κ2) is 7.13. The second-order valence-electron chi connectivity index (χ2n) is 6.50. The Balaban J connectivity index is 1.66. The molecule has 0 spiro atoms. The van der Waals surface area contributed by atoms with Crippen LogP contribution in [-0.2, 0) is 11.3 Å². The molecule has 2 aliphatic heterocycles. The highest BCUT2D eigenvalue weighted by atomic mass is 16.2. The molecule has 1 aromatic rings. The summed E-state index contributed by atoms with van der Waals surface area (Å²) in [4.78, 5) is 28.2. The fourth-order valence-electron chi connectivity index (χ4n) is 3.52. The highest BCUT2D eigenvalue weighted by Gasteiger charge is 2.26. The molecule has 5 nitrogen and oxygen atoms in total. The number of piperidine rings is 1. The molecular weight excluding hydrogens is 290 g/mol. The Kier molecular flexibility index (Phi) is 4.96. The van der Waals surface area contributed by atoms with Crippen LogP contribution in [0.15, 0.2) is 24.3 Å². The number of benzene rings is 1. The number of nitrogens with two attached hydrogens (primary N) is 1. The Bertz CT molecular complexity index is 570. The van der Waals surface area contributed by atoms with E-state index in [9.17, 15) is 9.59 Å². The van der Waals surface area contributed by atoms with Crippen molar-refractivity contribution in [3.63, 3.8) is 0 Å². The van der Waals surface area contributed by atoms with Gasteiger partial charge < -0.3 is 15.5 Å². The summed E-state index contributed by atoms with van der Waals surface area (Å²) in [6, 6.07) is 7.83. The van der Waals surface area contributed by atoms with E-state index in [1.54, 1.807) is 0 Å². The van der Waals surface area contributed by atoms with Gasteiger partial charge in [-0.15, -0.1) is 0 Å². The van der Waals surface area contributed by atoms with E-state index in [0.29, 0.717) is 25.1 Å². The average molecular weight is 315 g/mol. The van der Waals surface area contributed by atoms with Gasteiger partial charge in [-0.3, -0.25) is 9.59 Å². The predicted octanol–water partition coefficient (Wildman–Crippen LogP) is 1.76. The number of likely N-dealkylation sites (tertiary alicyclic amines) is 2. The van der Waals surface area contributed by atoms with Crippen LogP contribution in [0, 0.1) is 0 Å². The quantitative estimate of drug-likeness (QED) is 0.920. The van der Waals surface area contributed by atoms with Crippen LogP contribution in [0.3, 0.4) is 0 Å².